The molecule has 2 N–H and O–H groups in total. The van der Waals surface area contributed by atoms with E-state index in [2.05, 4.69) is 10.3 Å². The molecule has 1 atom stereocenters. The third kappa shape index (κ3) is 2.82. The maximum absolute atomic E-state index is 12.3. The van der Waals surface area contributed by atoms with Crippen molar-refractivity contribution in [2.75, 3.05) is 20.6 Å². The van der Waals surface area contributed by atoms with Gasteiger partial charge in [-0.15, -0.1) is 0 Å². The van der Waals surface area contributed by atoms with Gasteiger partial charge in [0.2, 0.25) is 5.91 Å². The van der Waals surface area contributed by atoms with Crippen LogP contribution < -0.4 is 5.32 Å². The Morgan fingerprint density at radius 2 is 2.10 bits per heavy atom. The van der Waals surface area contributed by atoms with Crippen molar-refractivity contribution in [1.29, 1.82) is 0 Å². The van der Waals surface area contributed by atoms with Crippen molar-refractivity contribution in [3.05, 3.63) is 36.0 Å². The van der Waals surface area contributed by atoms with Crippen LogP contribution in [0.4, 0.5) is 0 Å². The maximum atomic E-state index is 12.3. The quantitative estimate of drug-likeness (QED) is 0.889. The maximum Gasteiger partial charge on any atom is 0.253 e. The first-order valence-corrected chi connectivity index (χ1v) is 6.57. The SMILES string of the molecule is CNC(=O)C(C)CN(C)C(=O)c1ccc2cc[nH]c2c1. The third-order valence-corrected chi connectivity index (χ3v) is 3.39. The largest absolute Gasteiger partial charge is 0.361 e. The fraction of sp³-hybridized carbons (Fsp3) is 0.333. The van der Waals surface area contributed by atoms with Crippen molar-refractivity contribution in [2.24, 2.45) is 5.92 Å². The van der Waals surface area contributed by atoms with Gasteiger partial charge in [-0.05, 0) is 23.6 Å². The monoisotopic (exact) mass is 273 g/mol. The molecule has 1 unspecified atom stereocenters. The molecule has 2 aromatic rings. The summed E-state index contributed by atoms with van der Waals surface area (Å²) in [6.07, 6.45) is 1.84. The number of benzene rings is 1. The lowest BCUT2D eigenvalue weighted by Gasteiger charge is -2.20. The van der Waals surface area contributed by atoms with Gasteiger partial charge < -0.3 is 15.2 Å². The topological polar surface area (TPSA) is 65.2 Å². The Morgan fingerprint density at radius 1 is 1.35 bits per heavy atom. The molecule has 0 aliphatic carbocycles. The van der Waals surface area contributed by atoms with Gasteiger partial charge in [-0.3, -0.25) is 9.59 Å². The van der Waals surface area contributed by atoms with Crippen LogP contribution in [0.2, 0.25) is 0 Å². The fourth-order valence-electron chi connectivity index (χ4n) is 2.22. The third-order valence-electron chi connectivity index (χ3n) is 3.39. The van der Waals surface area contributed by atoms with Gasteiger partial charge in [0, 0.05) is 37.9 Å². The molecule has 5 nitrogen and oxygen atoms in total. The van der Waals surface area contributed by atoms with Crippen molar-refractivity contribution in [2.45, 2.75) is 6.92 Å². The smallest absolute Gasteiger partial charge is 0.253 e. The summed E-state index contributed by atoms with van der Waals surface area (Å²) in [6.45, 7) is 2.19. The van der Waals surface area contributed by atoms with E-state index in [0.717, 1.165) is 10.9 Å². The number of aromatic nitrogens is 1. The molecule has 0 bridgehead atoms. The molecule has 5 heteroatoms. The molecule has 0 saturated carbocycles. The molecule has 0 saturated heterocycles. The number of rotatable bonds is 4. The summed E-state index contributed by atoms with van der Waals surface area (Å²) >= 11 is 0. The molecular formula is C15H19N3O2. The van der Waals surface area contributed by atoms with Crippen LogP contribution in [0.3, 0.4) is 0 Å². The summed E-state index contributed by atoms with van der Waals surface area (Å²) in [4.78, 5) is 28.5. The first kappa shape index (κ1) is 14.1. The predicted molar refractivity (Wildman–Crippen MR) is 78.5 cm³/mol. The van der Waals surface area contributed by atoms with E-state index >= 15 is 0 Å². The molecule has 106 valence electrons. The molecule has 0 aliphatic rings. The standard InChI is InChI=1S/C15H19N3O2/c1-10(14(19)16-2)9-18(3)15(20)12-5-4-11-6-7-17-13(11)8-12/h4-8,10,17H,9H2,1-3H3,(H,16,19). The Morgan fingerprint density at radius 3 is 2.80 bits per heavy atom. The molecule has 20 heavy (non-hydrogen) atoms. The first-order chi connectivity index (χ1) is 9.52. The van der Waals surface area contributed by atoms with Crippen molar-refractivity contribution >= 4 is 22.7 Å². The Hall–Kier alpha value is -2.30. The molecule has 2 amide bonds. The fourth-order valence-corrected chi connectivity index (χ4v) is 2.22. The minimum atomic E-state index is -0.233. The number of amides is 2. The van der Waals surface area contributed by atoms with E-state index in [-0.39, 0.29) is 17.7 Å². The Labute approximate surface area is 118 Å². The highest BCUT2D eigenvalue weighted by molar-refractivity contribution is 5.98. The summed E-state index contributed by atoms with van der Waals surface area (Å²) in [5.41, 5.74) is 1.55. The van der Waals surface area contributed by atoms with E-state index in [0.29, 0.717) is 12.1 Å². The molecule has 1 aromatic carbocycles. The first-order valence-electron chi connectivity index (χ1n) is 6.57. The molecular weight excluding hydrogens is 254 g/mol. The van der Waals surface area contributed by atoms with E-state index < -0.39 is 0 Å². The van der Waals surface area contributed by atoms with Crippen molar-refractivity contribution in [1.82, 2.24) is 15.2 Å². The van der Waals surface area contributed by atoms with Crippen LogP contribution in [0.1, 0.15) is 17.3 Å². The lowest BCUT2D eigenvalue weighted by molar-refractivity contribution is -0.124. The highest BCUT2D eigenvalue weighted by atomic mass is 16.2. The number of aromatic amines is 1. The van der Waals surface area contributed by atoms with Gasteiger partial charge in [0.05, 0.1) is 5.92 Å². The number of hydrogen-bond acceptors (Lipinski definition) is 2. The molecule has 1 heterocycles. The van der Waals surface area contributed by atoms with Crippen LogP contribution in [0, 0.1) is 5.92 Å². The second-order valence-electron chi connectivity index (χ2n) is 4.98. The Balaban J connectivity index is 2.11. The van der Waals surface area contributed by atoms with E-state index in [1.165, 1.54) is 0 Å². The summed E-state index contributed by atoms with van der Waals surface area (Å²) < 4.78 is 0. The summed E-state index contributed by atoms with van der Waals surface area (Å²) in [5, 5.41) is 3.66. The van der Waals surface area contributed by atoms with Crippen LogP contribution >= 0.6 is 0 Å². The van der Waals surface area contributed by atoms with Crippen LogP contribution in [0.15, 0.2) is 30.5 Å². The zero-order chi connectivity index (χ0) is 14.7. The van der Waals surface area contributed by atoms with Crippen molar-refractivity contribution < 1.29 is 9.59 Å². The number of hydrogen-bond donors (Lipinski definition) is 2. The molecule has 2 rings (SSSR count). The summed E-state index contributed by atoms with van der Waals surface area (Å²) in [6, 6.07) is 7.51. The van der Waals surface area contributed by atoms with E-state index in [9.17, 15) is 9.59 Å². The number of fused-ring (bicyclic) bond motifs is 1. The minimum absolute atomic E-state index is 0.0653. The van der Waals surface area contributed by atoms with E-state index in [1.54, 1.807) is 32.0 Å². The zero-order valence-electron chi connectivity index (χ0n) is 11.9. The number of nitrogens with zero attached hydrogens (tertiary/aromatic N) is 1. The van der Waals surface area contributed by atoms with Crippen LogP contribution in [-0.2, 0) is 4.79 Å². The lowest BCUT2D eigenvalue weighted by Crippen LogP contribution is -2.37. The number of carbonyl (C=O) groups is 2. The summed E-state index contributed by atoms with van der Waals surface area (Å²) in [5.74, 6) is -0.384. The Kier molecular flexibility index (Phi) is 4.08. The van der Waals surface area contributed by atoms with Crippen molar-refractivity contribution in [3.63, 3.8) is 0 Å². The lowest BCUT2D eigenvalue weighted by atomic mass is 10.1. The van der Waals surface area contributed by atoms with Gasteiger partial charge in [-0.2, -0.15) is 0 Å². The van der Waals surface area contributed by atoms with Gasteiger partial charge in [0.1, 0.15) is 0 Å². The summed E-state index contributed by atoms with van der Waals surface area (Å²) in [7, 11) is 3.31. The van der Waals surface area contributed by atoms with Crippen LogP contribution in [-0.4, -0.2) is 42.3 Å². The highest BCUT2D eigenvalue weighted by Gasteiger charge is 2.18. The minimum Gasteiger partial charge on any atom is -0.361 e. The average Bonchev–Trinajstić information content (AvgIpc) is 2.92. The second kappa shape index (κ2) is 5.77. The molecule has 0 spiro atoms. The molecule has 0 aliphatic heterocycles. The second-order valence-corrected chi connectivity index (χ2v) is 4.98. The average molecular weight is 273 g/mol. The number of carbonyl (C=O) groups excluding carboxylic acids is 2. The van der Waals surface area contributed by atoms with Gasteiger partial charge in [0.15, 0.2) is 0 Å². The van der Waals surface area contributed by atoms with Gasteiger partial charge in [-0.25, -0.2) is 0 Å². The zero-order valence-corrected chi connectivity index (χ0v) is 11.9. The van der Waals surface area contributed by atoms with E-state index in [4.69, 9.17) is 0 Å². The molecule has 1 aromatic heterocycles. The van der Waals surface area contributed by atoms with Crippen molar-refractivity contribution in [3.8, 4) is 0 Å². The number of nitrogens with one attached hydrogen (secondary N) is 2. The molecule has 0 radical (unpaired) electrons. The highest BCUT2D eigenvalue weighted by Crippen LogP contribution is 2.15. The Bertz CT molecular complexity index is 633. The molecule has 0 fully saturated rings. The van der Waals surface area contributed by atoms with Crippen LogP contribution in [0.25, 0.3) is 10.9 Å². The van der Waals surface area contributed by atoms with E-state index in [1.807, 2.05) is 24.4 Å². The van der Waals surface area contributed by atoms with Gasteiger partial charge in [-0.1, -0.05) is 13.0 Å². The van der Waals surface area contributed by atoms with Crippen LogP contribution in [0.5, 0.6) is 0 Å². The van der Waals surface area contributed by atoms with Gasteiger partial charge in [0.25, 0.3) is 5.91 Å². The normalized spacial score (nSPS) is 12.2. The predicted octanol–water partition coefficient (Wildman–Crippen LogP) is 1.62. The van der Waals surface area contributed by atoms with Gasteiger partial charge >= 0.3 is 0 Å². The number of H-pyrrole nitrogens is 1.